The van der Waals surface area contributed by atoms with E-state index in [4.69, 9.17) is 10.5 Å². The molecule has 0 aromatic heterocycles. The second kappa shape index (κ2) is 13.3. The first-order valence-corrected chi connectivity index (χ1v) is 11.7. The molecule has 11 nitrogen and oxygen atoms in total. The fourth-order valence-electron chi connectivity index (χ4n) is 3.57. The van der Waals surface area contributed by atoms with Crippen LogP contribution in [0.5, 0.6) is 5.75 Å². The normalized spacial score (nSPS) is 12.6. The first kappa shape index (κ1) is 29.1. The Morgan fingerprint density at radius 2 is 1.73 bits per heavy atom. The van der Waals surface area contributed by atoms with Crippen LogP contribution >= 0.6 is 0 Å². The number of nitrogens with two attached hydrogens (primary N) is 1. The van der Waals surface area contributed by atoms with Crippen LogP contribution in [0.25, 0.3) is 0 Å². The Balaban J connectivity index is 2.43. The summed E-state index contributed by atoms with van der Waals surface area (Å²) in [7, 11) is 0. The number of nitrogens with zero attached hydrogens (tertiary/aromatic N) is 1. The van der Waals surface area contributed by atoms with E-state index in [1.54, 1.807) is 20.8 Å². The number of hydrogen-bond donors (Lipinski definition) is 5. The van der Waals surface area contributed by atoms with E-state index < -0.39 is 54.5 Å². The molecular weight excluding hydrogens is 480 g/mol. The van der Waals surface area contributed by atoms with Gasteiger partial charge in [-0.15, -0.1) is 0 Å². The minimum atomic E-state index is -1.47. The van der Waals surface area contributed by atoms with E-state index in [1.807, 2.05) is 30.3 Å². The van der Waals surface area contributed by atoms with Crippen LogP contribution in [0.2, 0.25) is 0 Å². The predicted molar refractivity (Wildman–Crippen MR) is 135 cm³/mol. The van der Waals surface area contributed by atoms with Gasteiger partial charge in [-0.3, -0.25) is 14.4 Å². The van der Waals surface area contributed by atoms with Gasteiger partial charge in [0.05, 0.1) is 13.0 Å². The fourth-order valence-corrected chi connectivity index (χ4v) is 3.57. The third-order valence-corrected chi connectivity index (χ3v) is 5.07. The molecule has 2 aromatic rings. The van der Waals surface area contributed by atoms with E-state index in [-0.39, 0.29) is 24.4 Å². The number of primary amides is 1. The Labute approximate surface area is 215 Å². The second-order valence-corrected chi connectivity index (χ2v) is 9.33. The van der Waals surface area contributed by atoms with Crippen LogP contribution in [0.4, 0.5) is 4.79 Å². The summed E-state index contributed by atoms with van der Waals surface area (Å²) in [6, 6.07) is 12.1. The number of amides is 4. The van der Waals surface area contributed by atoms with Crippen LogP contribution in [-0.4, -0.2) is 63.7 Å². The zero-order valence-corrected chi connectivity index (χ0v) is 21.1. The van der Waals surface area contributed by atoms with Gasteiger partial charge in [0.2, 0.25) is 17.7 Å². The molecular formula is C26H34N4O7. The van der Waals surface area contributed by atoms with Gasteiger partial charge < -0.3 is 36.2 Å². The number of phenols is 1. The van der Waals surface area contributed by atoms with E-state index in [0.717, 1.165) is 10.5 Å². The van der Waals surface area contributed by atoms with Gasteiger partial charge in [-0.2, -0.15) is 0 Å². The number of carbonyl (C=O) groups is 4. The van der Waals surface area contributed by atoms with Crippen molar-refractivity contribution in [1.82, 2.24) is 15.5 Å². The molecule has 0 fully saturated rings. The molecule has 2 unspecified atom stereocenters. The Morgan fingerprint density at radius 1 is 1.05 bits per heavy atom. The highest BCUT2D eigenvalue weighted by Gasteiger charge is 2.36. The van der Waals surface area contributed by atoms with Crippen LogP contribution in [0, 0.1) is 0 Å². The predicted octanol–water partition coefficient (Wildman–Crippen LogP) is 1.34. The first-order chi connectivity index (χ1) is 17.4. The number of alkyl carbamates (subject to hydrolysis) is 1. The smallest absolute Gasteiger partial charge is 0.408 e. The molecule has 0 heterocycles. The Hall–Kier alpha value is -4.12. The Kier molecular flexibility index (Phi) is 10.4. The highest BCUT2D eigenvalue weighted by Crippen LogP contribution is 2.26. The van der Waals surface area contributed by atoms with Crippen LogP contribution in [0.15, 0.2) is 54.6 Å². The zero-order valence-electron chi connectivity index (χ0n) is 21.1. The summed E-state index contributed by atoms with van der Waals surface area (Å²) in [6.07, 6.45) is -1.53. The first-order valence-electron chi connectivity index (χ1n) is 11.7. The number of aliphatic hydroxyl groups is 1. The van der Waals surface area contributed by atoms with Gasteiger partial charge in [0, 0.05) is 13.1 Å². The number of phenolic OH excluding ortho intramolecular Hbond substituents is 1. The van der Waals surface area contributed by atoms with Crippen molar-refractivity contribution >= 4 is 23.8 Å². The van der Waals surface area contributed by atoms with E-state index in [9.17, 15) is 29.4 Å². The van der Waals surface area contributed by atoms with Gasteiger partial charge in [-0.05, 0) is 44.0 Å². The van der Waals surface area contributed by atoms with Crippen LogP contribution in [-0.2, 0) is 25.7 Å². The van der Waals surface area contributed by atoms with Crippen LogP contribution in [0.1, 0.15) is 44.4 Å². The van der Waals surface area contributed by atoms with Crippen molar-refractivity contribution < 1.29 is 34.1 Å². The number of ether oxygens (including phenoxy) is 1. The molecule has 4 amide bonds. The fraction of sp³-hybridized carbons (Fsp3) is 0.385. The van der Waals surface area contributed by atoms with E-state index in [1.165, 1.54) is 24.3 Å². The Bertz CT molecular complexity index is 1090. The number of aliphatic hydroxyl groups excluding tert-OH is 1. The minimum absolute atomic E-state index is 0.143. The SMILES string of the molecule is CC(C)(C)OC(=O)NC(CC(N)=O)C(=O)N(CCO)C(C(=O)NCc1ccccc1)c1cccc(O)c1. The van der Waals surface area contributed by atoms with Crippen LogP contribution < -0.4 is 16.4 Å². The number of benzene rings is 2. The lowest BCUT2D eigenvalue weighted by Gasteiger charge is -2.34. The molecule has 0 saturated carbocycles. The highest BCUT2D eigenvalue weighted by molar-refractivity contribution is 5.94. The highest BCUT2D eigenvalue weighted by atomic mass is 16.6. The van der Waals surface area contributed by atoms with Crippen LogP contribution in [0.3, 0.4) is 0 Å². The van der Waals surface area contributed by atoms with Gasteiger partial charge in [0.15, 0.2) is 0 Å². The molecule has 200 valence electrons. The van der Waals surface area contributed by atoms with Gasteiger partial charge >= 0.3 is 6.09 Å². The number of hydrogen-bond acceptors (Lipinski definition) is 7. The monoisotopic (exact) mass is 514 g/mol. The molecule has 0 bridgehead atoms. The molecule has 2 rings (SSSR count). The van der Waals surface area contributed by atoms with Crippen molar-refractivity contribution in [2.24, 2.45) is 5.73 Å². The van der Waals surface area contributed by atoms with Crippen molar-refractivity contribution in [1.29, 1.82) is 0 Å². The van der Waals surface area contributed by atoms with Crippen molar-refractivity contribution in [3.05, 3.63) is 65.7 Å². The summed E-state index contributed by atoms with van der Waals surface area (Å²) in [5, 5.41) is 24.9. The maximum absolute atomic E-state index is 13.6. The van der Waals surface area contributed by atoms with Crippen molar-refractivity contribution in [3.8, 4) is 5.75 Å². The second-order valence-electron chi connectivity index (χ2n) is 9.33. The molecule has 2 aromatic carbocycles. The third kappa shape index (κ3) is 9.45. The summed E-state index contributed by atoms with van der Waals surface area (Å²) in [5.41, 5.74) is 5.51. The molecule has 0 aliphatic heterocycles. The maximum Gasteiger partial charge on any atom is 0.408 e. The third-order valence-electron chi connectivity index (χ3n) is 5.07. The van der Waals surface area contributed by atoms with Crippen molar-refractivity contribution in [3.63, 3.8) is 0 Å². The van der Waals surface area contributed by atoms with E-state index in [2.05, 4.69) is 10.6 Å². The summed E-state index contributed by atoms with van der Waals surface area (Å²) >= 11 is 0. The topological polar surface area (TPSA) is 171 Å². The summed E-state index contributed by atoms with van der Waals surface area (Å²) in [5.74, 6) is -2.47. The van der Waals surface area contributed by atoms with Gasteiger partial charge in [0.1, 0.15) is 23.4 Å². The number of nitrogens with one attached hydrogen (secondary N) is 2. The zero-order chi connectivity index (χ0) is 27.6. The average molecular weight is 515 g/mol. The van der Waals surface area contributed by atoms with Crippen molar-refractivity contribution in [2.75, 3.05) is 13.2 Å². The molecule has 11 heteroatoms. The van der Waals surface area contributed by atoms with E-state index in [0.29, 0.717) is 0 Å². The van der Waals surface area contributed by atoms with Gasteiger partial charge in [-0.1, -0.05) is 42.5 Å². The summed E-state index contributed by atoms with van der Waals surface area (Å²) in [4.78, 5) is 52.2. The lowest BCUT2D eigenvalue weighted by molar-refractivity contribution is -0.144. The number of rotatable bonds is 11. The minimum Gasteiger partial charge on any atom is -0.508 e. The molecule has 0 radical (unpaired) electrons. The molecule has 0 aliphatic carbocycles. The Morgan fingerprint density at radius 3 is 2.30 bits per heavy atom. The molecule has 37 heavy (non-hydrogen) atoms. The van der Waals surface area contributed by atoms with Gasteiger partial charge in [0.25, 0.3) is 0 Å². The number of carbonyl (C=O) groups excluding carboxylic acids is 4. The molecule has 0 spiro atoms. The molecule has 2 atom stereocenters. The molecule has 0 saturated heterocycles. The number of aromatic hydroxyl groups is 1. The standard InChI is InChI=1S/C26H34N4O7/c1-26(2,3)37-25(36)29-20(15-21(27)33)24(35)30(12-13-31)22(18-10-7-11-19(32)14-18)23(34)28-16-17-8-5-4-6-9-17/h4-11,14,20,22,31-32H,12-13,15-16H2,1-3H3,(H2,27,33)(H,28,34)(H,29,36). The molecule has 6 N–H and O–H groups in total. The summed E-state index contributed by atoms with van der Waals surface area (Å²) in [6.45, 7) is 4.20. The molecule has 0 aliphatic rings. The maximum atomic E-state index is 13.6. The largest absolute Gasteiger partial charge is 0.508 e. The lowest BCUT2D eigenvalue weighted by atomic mass is 10.0. The lowest BCUT2D eigenvalue weighted by Crippen LogP contribution is -2.54. The quantitative estimate of drug-likeness (QED) is 0.301. The summed E-state index contributed by atoms with van der Waals surface area (Å²) < 4.78 is 5.20. The van der Waals surface area contributed by atoms with Gasteiger partial charge in [-0.25, -0.2) is 4.79 Å². The van der Waals surface area contributed by atoms with Crippen molar-refractivity contribution in [2.45, 2.75) is 51.4 Å². The average Bonchev–Trinajstić information content (AvgIpc) is 2.81. The van der Waals surface area contributed by atoms with E-state index >= 15 is 0 Å².